The van der Waals surface area contributed by atoms with Gasteiger partial charge in [-0.15, -0.1) is 0 Å². The second kappa shape index (κ2) is 16.7. The van der Waals surface area contributed by atoms with Crippen LogP contribution in [0.1, 0.15) is 37.8 Å². The standard InChI is InChI=1S/C31H41ClN4O2/c1-4-6-14-34-31(22-29(5-2)37-20-19-36-17-15-33-16-18-36)25(3)35-23-27-8-7-9-30(21-27)38-24-26-10-12-28(32)13-11-26/h5,7-13,21-23,33-34H,3-4,6,14-20,24H2,1-2H3/b29-5+,31-22+,35-23?. The summed E-state index contributed by atoms with van der Waals surface area (Å²) in [5.41, 5.74) is 3.51. The molecule has 1 heterocycles. The summed E-state index contributed by atoms with van der Waals surface area (Å²) in [4.78, 5) is 7.09. The van der Waals surface area contributed by atoms with Gasteiger partial charge in [-0.3, -0.25) is 9.89 Å². The van der Waals surface area contributed by atoms with Crippen LogP contribution in [0, 0.1) is 0 Å². The van der Waals surface area contributed by atoms with Crippen molar-refractivity contribution in [3.8, 4) is 5.75 Å². The summed E-state index contributed by atoms with van der Waals surface area (Å²) in [5, 5.41) is 7.59. The Morgan fingerprint density at radius 2 is 1.97 bits per heavy atom. The van der Waals surface area contributed by atoms with Crippen LogP contribution in [0.15, 0.2) is 89.4 Å². The number of rotatable bonds is 15. The van der Waals surface area contributed by atoms with Crippen molar-refractivity contribution in [3.63, 3.8) is 0 Å². The van der Waals surface area contributed by atoms with Crippen LogP contribution >= 0.6 is 11.6 Å². The minimum Gasteiger partial charge on any atom is -0.493 e. The number of aliphatic imine (C=N–C) groups is 1. The number of hydrogen-bond donors (Lipinski definition) is 2. The topological polar surface area (TPSA) is 58.1 Å². The predicted molar refractivity (Wildman–Crippen MR) is 159 cm³/mol. The van der Waals surface area contributed by atoms with E-state index < -0.39 is 0 Å². The van der Waals surface area contributed by atoms with E-state index in [2.05, 4.69) is 34.0 Å². The van der Waals surface area contributed by atoms with E-state index in [-0.39, 0.29) is 0 Å². The molecule has 0 amide bonds. The van der Waals surface area contributed by atoms with Crippen molar-refractivity contribution >= 4 is 17.8 Å². The van der Waals surface area contributed by atoms with Crippen molar-refractivity contribution in [2.75, 3.05) is 45.9 Å². The Hall–Kier alpha value is -3.06. The van der Waals surface area contributed by atoms with Gasteiger partial charge in [0.1, 0.15) is 24.7 Å². The zero-order valence-electron chi connectivity index (χ0n) is 22.7. The number of nitrogens with zero attached hydrogens (tertiary/aromatic N) is 2. The Morgan fingerprint density at radius 3 is 2.71 bits per heavy atom. The Kier molecular flexibility index (Phi) is 13.0. The van der Waals surface area contributed by atoms with Crippen LogP contribution in [0.4, 0.5) is 0 Å². The molecule has 0 atom stereocenters. The first-order valence-electron chi connectivity index (χ1n) is 13.5. The second-order valence-electron chi connectivity index (χ2n) is 9.16. The molecule has 38 heavy (non-hydrogen) atoms. The molecule has 0 saturated carbocycles. The van der Waals surface area contributed by atoms with Crippen LogP contribution in [0.2, 0.25) is 5.02 Å². The first kappa shape index (κ1) is 29.5. The van der Waals surface area contributed by atoms with Crippen LogP contribution in [0.3, 0.4) is 0 Å². The largest absolute Gasteiger partial charge is 0.493 e. The van der Waals surface area contributed by atoms with Gasteiger partial charge in [0.15, 0.2) is 0 Å². The first-order chi connectivity index (χ1) is 18.6. The summed E-state index contributed by atoms with van der Waals surface area (Å²) in [5.74, 6) is 1.59. The maximum atomic E-state index is 6.10. The molecule has 0 bridgehead atoms. The van der Waals surface area contributed by atoms with Gasteiger partial charge in [0.25, 0.3) is 0 Å². The van der Waals surface area contributed by atoms with Crippen molar-refractivity contribution in [2.45, 2.75) is 33.3 Å². The van der Waals surface area contributed by atoms with E-state index >= 15 is 0 Å². The molecule has 2 aromatic rings. The fourth-order valence-electron chi connectivity index (χ4n) is 3.87. The third-order valence-corrected chi connectivity index (χ3v) is 6.41. The molecule has 1 fully saturated rings. The van der Waals surface area contributed by atoms with E-state index in [0.29, 0.717) is 23.9 Å². The minimum absolute atomic E-state index is 0.472. The number of benzene rings is 2. The monoisotopic (exact) mass is 536 g/mol. The molecule has 1 aliphatic heterocycles. The number of allylic oxidation sites excluding steroid dienone is 2. The highest BCUT2D eigenvalue weighted by Gasteiger charge is 2.10. The second-order valence-corrected chi connectivity index (χ2v) is 9.60. The highest BCUT2D eigenvalue weighted by Crippen LogP contribution is 2.17. The summed E-state index contributed by atoms with van der Waals surface area (Å²) in [6.45, 7) is 15.5. The Labute approximate surface area is 233 Å². The third kappa shape index (κ3) is 10.7. The van der Waals surface area contributed by atoms with E-state index in [9.17, 15) is 0 Å². The smallest absolute Gasteiger partial charge is 0.120 e. The fraction of sp³-hybridized carbons (Fsp3) is 0.387. The lowest BCUT2D eigenvalue weighted by atomic mass is 10.2. The molecule has 0 aliphatic carbocycles. The number of ether oxygens (including phenoxy) is 2. The van der Waals surface area contributed by atoms with Crippen molar-refractivity contribution < 1.29 is 9.47 Å². The molecule has 2 aromatic carbocycles. The molecular formula is C31H41ClN4O2. The summed E-state index contributed by atoms with van der Waals surface area (Å²) >= 11 is 5.97. The lowest BCUT2D eigenvalue weighted by molar-refractivity contribution is 0.153. The zero-order chi connectivity index (χ0) is 27.0. The van der Waals surface area contributed by atoms with Crippen LogP contribution in [-0.4, -0.2) is 57.0 Å². The van der Waals surface area contributed by atoms with Crippen LogP contribution < -0.4 is 15.4 Å². The third-order valence-electron chi connectivity index (χ3n) is 6.16. The van der Waals surface area contributed by atoms with Crippen molar-refractivity contribution in [3.05, 3.63) is 101 Å². The number of halogens is 1. The van der Waals surface area contributed by atoms with Gasteiger partial charge in [0, 0.05) is 56.6 Å². The molecule has 1 saturated heterocycles. The summed E-state index contributed by atoms with van der Waals surface area (Å²) in [7, 11) is 0. The van der Waals surface area contributed by atoms with Crippen molar-refractivity contribution in [1.82, 2.24) is 15.5 Å². The molecule has 0 unspecified atom stereocenters. The highest BCUT2D eigenvalue weighted by atomic mass is 35.5. The molecular weight excluding hydrogens is 496 g/mol. The van der Waals surface area contributed by atoms with Gasteiger partial charge in [0.2, 0.25) is 0 Å². The van der Waals surface area contributed by atoms with Gasteiger partial charge in [-0.1, -0.05) is 55.8 Å². The zero-order valence-corrected chi connectivity index (χ0v) is 23.5. The Morgan fingerprint density at radius 1 is 1.18 bits per heavy atom. The van der Waals surface area contributed by atoms with Gasteiger partial charge in [-0.05, 0) is 54.8 Å². The average molecular weight is 537 g/mol. The van der Waals surface area contributed by atoms with Gasteiger partial charge in [0.05, 0.1) is 11.4 Å². The lowest BCUT2D eigenvalue weighted by Crippen LogP contribution is -2.44. The Bertz CT molecular complexity index is 1090. The predicted octanol–water partition coefficient (Wildman–Crippen LogP) is 5.95. The van der Waals surface area contributed by atoms with E-state index in [4.69, 9.17) is 21.1 Å². The van der Waals surface area contributed by atoms with Gasteiger partial charge in [-0.25, -0.2) is 0 Å². The average Bonchev–Trinajstić information content (AvgIpc) is 2.95. The normalized spacial score (nSPS) is 15.0. The molecule has 7 heteroatoms. The number of nitrogens with one attached hydrogen (secondary N) is 2. The van der Waals surface area contributed by atoms with E-state index in [0.717, 1.165) is 80.4 Å². The van der Waals surface area contributed by atoms with Crippen molar-refractivity contribution in [2.24, 2.45) is 4.99 Å². The maximum absolute atomic E-state index is 6.10. The maximum Gasteiger partial charge on any atom is 0.120 e. The van der Waals surface area contributed by atoms with E-state index in [1.807, 2.05) is 73.8 Å². The SMILES string of the molecule is C=C(N=Cc1cccc(OCc2ccc(Cl)cc2)c1)/C(=C\C(=C/C)OCCN1CCNCC1)NCCCC. The molecule has 0 spiro atoms. The van der Waals surface area contributed by atoms with Crippen molar-refractivity contribution in [1.29, 1.82) is 0 Å². The van der Waals surface area contributed by atoms with Gasteiger partial charge >= 0.3 is 0 Å². The molecule has 204 valence electrons. The van der Waals surface area contributed by atoms with Crippen LogP contribution in [-0.2, 0) is 11.3 Å². The van der Waals surface area contributed by atoms with Crippen LogP contribution in [0.25, 0.3) is 0 Å². The molecule has 0 aromatic heterocycles. The quantitative estimate of drug-likeness (QED) is 0.127. The summed E-state index contributed by atoms with van der Waals surface area (Å²) in [6.07, 6.45) is 7.97. The summed E-state index contributed by atoms with van der Waals surface area (Å²) < 4.78 is 12.1. The fourth-order valence-corrected chi connectivity index (χ4v) is 3.99. The molecule has 3 rings (SSSR count). The van der Waals surface area contributed by atoms with Crippen LogP contribution in [0.5, 0.6) is 5.75 Å². The number of hydrogen-bond acceptors (Lipinski definition) is 6. The first-order valence-corrected chi connectivity index (χ1v) is 13.8. The van der Waals surface area contributed by atoms with E-state index in [1.165, 1.54) is 0 Å². The highest BCUT2D eigenvalue weighted by molar-refractivity contribution is 6.30. The lowest BCUT2D eigenvalue weighted by Gasteiger charge is -2.27. The molecule has 0 radical (unpaired) electrons. The number of piperazine rings is 1. The Balaban J connectivity index is 1.60. The number of unbranched alkanes of at least 4 members (excludes halogenated alkanes) is 1. The molecule has 1 aliphatic rings. The van der Waals surface area contributed by atoms with Gasteiger partial charge in [-0.2, -0.15) is 0 Å². The summed E-state index contributed by atoms with van der Waals surface area (Å²) in [6, 6.07) is 15.5. The van der Waals surface area contributed by atoms with Gasteiger partial charge < -0.3 is 20.1 Å². The molecule has 6 nitrogen and oxygen atoms in total. The van der Waals surface area contributed by atoms with E-state index in [1.54, 1.807) is 0 Å². The minimum atomic E-state index is 0.472. The molecule has 2 N–H and O–H groups in total.